The Morgan fingerprint density at radius 1 is 1.53 bits per heavy atom. The molecule has 1 aromatic heterocycles. The predicted molar refractivity (Wildman–Crippen MR) is 63.0 cm³/mol. The monoisotopic (exact) mass is 266 g/mol. The third-order valence-corrected chi connectivity index (χ3v) is 2.38. The maximum atomic E-state index is 11.3. The number of nitrogens with one attached hydrogen (secondary N) is 1. The molecule has 0 aromatic carbocycles. The van der Waals surface area contributed by atoms with Crippen molar-refractivity contribution in [3.63, 3.8) is 0 Å². The van der Waals surface area contributed by atoms with E-state index in [1.165, 1.54) is 0 Å². The van der Waals surface area contributed by atoms with Crippen LogP contribution in [0.25, 0.3) is 0 Å². The third kappa shape index (κ3) is 3.52. The van der Waals surface area contributed by atoms with Gasteiger partial charge in [-0.05, 0) is 18.6 Å². The number of anilines is 1. The summed E-state index contributed by atoms with van der Waals surface area (Å²) >= 11 is 17.0. The molecule has 0 unspecified atom stereocenters. The molecule has 0 aliphatic heterocycles. The second-order valence-electron chi connectivity index (χ2n) is 2.91. The second-order valence-corrected chi connectivity index (χ2v) is 4.04. The van der Waals surface area contributed by atoms with Gasteiger partial charge in [0.2, 0.25) is 5.91 Å². The summed E-state index contributed by atoms with van der Waals surface area (Å²) in [6.07, 6.45) is 0.236. The lowest BCUT2D eigenvalue weighted by Crippen LogP contribution is -2.13. The van der Waals surface area contributed by atoms with Gasteiger partial charge in [-0.15, -0.1) is 11.6 Å². The smallest absolute Gasteiger partial charge is 0.225 e. The highest BCUT2D eigenvalue weighted by atomic mass is 35.5. The fraction of sp³-hybridized carbons (Fsp3) is 0.333. The van der Waals surface area contributed by atoms with E-state index in [1.54, 1.807) is 13.0 Å². The number of carbonyl (C=O) groups excluding carboxylic acids is 1. The number of nitrogens with zero attached hydrogens (tertiary/aromatic N) is 1. The molecule has 0 aliphatic carbocycles. The van der Waals surface area contributed by atoms with Crippen LogP contribution in [0.3, 0.4) is 0 Å². The molecule has 1 aromatic rings. The normalized spacial score (nSPS) is 10.1. The first-order chi connectivity index (χ1) is 7.04. The standard InChI is InChI=1S/C9H9Cl3N2O/c1-5-4-6(11)13-9(12)8(5)14-7(15)2-3-10/h4H,2-3H2,1H3,(H,14,15). The van der Waals surface area contributed by atoms with Crippen LogP contribution in [0.1, 0.15) is 12.0 Å². The van der Waals surface area contributed by atoms with Gasteiger partial charge in [0.1, 0.15) is 5.15 Å². The summed E-state index contributed by atoms with van der Waals surface area (Å²) in [5.41, 5.74) is 1.25. The minimum Gasteiger partial charge on any atom is -0.323 e. The van der Waals surface area contributed by atoms with E-state index in [1.807, 2.05) is 0 Å². The van der Waals surface area contributed by atoms with Gasteiger partial charge in [0.25, 0.3) is 0 Å². The molecule has 6 heteroatoms. The van der Waals surface area contributed by atoms with Crippen molar-refractivity contribution in [1.29, 1.82) is 0 Å². The SMILES string of the molecule is Cc1cc(Cl)nc(Cl)c1NC(=O)CCCl. The van der Waals surface area contributed by atoms with Crippen molar-refractivity contribution in [3.8, 4) is 0 Å². The zero-order valence-electron chi connectivity index (χ0n) is 7.98. The number of alkyl halides is 1. The van der Waals surface area contributed by atoms with E-state index in [9.17, 15) is 4.79 Å². The fourth-order valence-corrected chi connectivity index (χ4v) is 1.78. The van der Waals surface area contributed by atoms with Crippen molar-refractivity contribution in [2.75, 3.05) is 11.2 Å². The largest absolute Gasteiger partial charge is 0.323 e. The summed E-state index contributed by atoms with van der Waals surface area (Å²) in [7, 11) is 0. The molecule has 0 fully saturated rings. The average molecular weight is 268 g/mol. The third-order valence-electron chi connectivity index (χ3n) is 1.73. The number of amides is 1. The number of rotatable bonds is 3. The van der Waals surface area contributed by atoms with Gasteiger partial charge in [-0.1, -0.05) is 23.2 Å². The maximum absolute atomic E-state index is 11.3. The minimum atomic E-state index is -0.195. The van der Waals surface area contributed by atoms with E-state index < -0.39 is 0 Å². The van der Waals surface area contributed by atoms with E-state index in [0.29, 0.717) is 10.8 Å². The van der Waals surface area contributed by atoms with E-state index in [2.05, 4.69) is 10.3 Å². The molecule has 3 nitrogen and oxygen atoms in total. The van der Waals surface area contributed by atoms with Gasteiger partial charge in [0.05, 0.1) is 5.69 Å². The van der Waals surface area contributed by atoms with Gasteiger partial charge in [0, 0.05) is 12.3 Å². The molecule has 1 amide bonds. The van der Waals surface area contributed by atoms with Crippen LogP contribution in [0.2, 0.25) is 10.3 Å². The number of hydrogen-bond acceptors (Lipinski definition) is 2. The Morgan fingerprint density at radius 2 is 2.20 bits per heavy atom. The van der Waals surface area contributed by atoms with Crippen LogP contribution < -0.4 is 5.32 Å². The molecule has 0 bridgehead atoms. The number of aryl methyl sites for hydroxylation is 1. The quantitative estimate of drug-likeness (QED) is 0.674. The Balaban J connectivity index is 2.90. The Labute approximate surface area is 103 Å². The minimum absolute atomic E-state index is 0.183. The second kappa shape index (κ2) is 5.54. The first-order valence-electron chi connectivity index (χ1n) is 4.23. The Hall–Kier alpha value is -0.510. The predicted octanol–water partition coefficient (Wildman–Crippen LogP) is 3.26. The summed E-state index contributed by atoms with van der Waals surface area (Å²) in [6.45, 7) is 1.79. The number of carbonyl (C=O) groups is 1. The van der Waals surface area contributed by atoms with Crippen LogP contribution in [0.4, 0.5) is 5.69 Å². The number of hydrogen-bond donors (Lipinski definition) is 1. The summed E-state index contributed by atoms with van der Waals surface area (Å²) < 4.78 is 0. The van der Waals surface area contributed by atoms with Crippen molar-refractivity contribution in [1.82, 2.24) is 4.98 Å². The molecule has 0 saturated heterocycles. The van der Waals surface area contributed by atoms with E-state index in [-0.39, 0.29) is 23.4 Å². The van der Waals surface area contributed by atoms with Crippen LogP contribution in [-0.4, -0.2) is 16.8 Å². The highest BCUT2D eigenvalue weighted by Gasteiger charge is 2.10. The molecular weight excluding hydrogens is 258 g/mol. The lowest BCUT2D eigenvalue weighted by atomic mass is 10.2. The zero-order chi connectivity index (χ0) is 11.4. The Morgan fingerprint density at radius 3 is 2.73 bits per heavy atom. The van der Waals surface area contributed by atoms with Gasteiger partial charge in [-0.3, -0.25) is 4.79 Å². The van der Waals surface area contributed by atoms with Gasteiger partial charge >= 0.3 is 0 Å². The topological polar surface area (TPSA) is 42.0 Å². The first-order valence-corrected chi connectivity index (χ1v) is 5.52. The lowest BCUT2D eigenvalue weighted by Gasteiger charge is -2.09. The molecule has 1 rings (SSSR count). The molecule has 82 valence electrons. The van der Waals surface area contributed by atoms with Crippen LogP contribution in [0.15, 0.2) is 6.07 Å². The summed E-state index contributed by atoms with van der Waals surface area (Å²) in [5, 5.41) is 3.11. The van der Waals surface area contributed by atoms with E-state index in [0.717, 1.165) is 5.56 Å². The highest BCUT2D eigenvalue weighted by Crippen LogP contribution is 2.26. The first kappa shape index (κ1) is 12.6. The van der Waals surface area contributed by atoms with E-state index >= 15 is 0 Å². The Bertz CT molecular complexity index is 359. The van der Waals surface area contributed by atoms with Crippen LogP contribution in [0, 0.1) is 6.92 Å². The van der Waals surface area contributed by atoms with Crippen LogP contribution >= 0.6 is 34.8 Å². The molecule has 0 atom stereocenters. The van der Waals surface area contributed by atoms with Crippen molar-refractivity contribution in [2.24, 2.45) is 0 Å². The van der Waals surface area contributed by atoms with Gasteiger partial charge < -0.3 is 5.32 Å². The maximum Gasteiger partial charge on any atom is 0.225 e. The van der Waals surface area contributed by atoms with Crippen molar-refractivity contribution in [2.45, 2.75) is 13.3 Å². The lowest BCUT2D eigenvalue weighted by molar-refractivity contribution is -0.115. The molecule has 15 heavy (non-hydrogen) atoms. The van der Waals surface area contributed by atoms with Crippen molar-refractivity contribution >= 4 is 46.4 Å². The average Bonchev–Trinajstić information content (AvgIpc) is 2.11. The van der Waals surface area contributed by atoms with Gasteiger partial charge in [0.15, 0.2) is 5.15 Å². The van der Waals surface area contributed by atoms with Gasteiger partial charge in [-0.25, -0.2) is 4.98 Å². The molecule has 0 spiro atoms. The molecule has 1 N–H and O–H groups in total. The van der Waals surface area contributed by atoms with Crippen LogP contribution in [0.5, 0.6) is 0 Å². The van der Waals surface area contributed by atoms with E-state index in [4.69, 9.17) is 34.8 Å². The summed E-state index contributed by atoms with van der Waals surface area (Å²) in [6, 6.07) is 1.63. The van der Waals surface area contributed by atoms with Crippen molar-refractivity contribution < 1.29 is 4.79 Å². The zero-order valence-corrected chi connectivity index (χ0v) is 10.2. The Kier molecular flexibility index (Phi) is 4.64. The fourth-order valence-electron chi connectivity index (χ4n) is 1.03. The molecule has 0 saturated carbocycles. The van der Waals surface area contributed by atoms with Crippen LogP contribution in [-0.2, 0) is 4.79 Å². The number of pyridine rings is 1. The van der Waals surface area contributed by atoms with Gasteiger partial charge in [-0.2, -0.15) is 0 Å². The molecule has 0 radical (unpaired) electrons. The number of aromatic nitrogens is 1. The summed E-state index contributed by atoms with van der Waals surface area (Å²) in [5.74, 6) is 0.0721. The number of halogens is 3. The molecule has 0 aliphatic rings. The summed E-state index contributed by atoms with van der Waals surface area (Å²) in [4.78, 5) is 15.1. The molecular formula is C9H9Cl3N2O. The van der Waals surface area contributed by atoms with Crippen molar-refractivity contribution in [3.05, 3.63) is 21.9 Å². The highest BCUT2D eigenvalue weighted by molar-refractivity contribution is 6.34. The molecule has 1 heterocycles.